The van der Waals surface area contributed by atoms with Crippen molar-refractivity contribution >= 4 is 31.9 Å². The van der Waals surface area contributed by atoms with Gasteiger partial charge in [0.15, 0.2) is 0 Å². The first-order chi connectivity index (χ1) is 8.70. The lowest BCUT2D eigenvalue weighted by molar-refractivity contribution is 0.102. The van der Waals surface area contributed by atoms with Crippen molar-refractivity contribution in [3.8, 4) is 5.75 Å². The molecule has 0 aromatic heterocycles. The number of hydrogen-bond acceptors (Lipinski definition) is 2. The Morgan fingerprint density at radius 3 is 2.94 bits per heavy atom. The molecule has 100 valence electrons. The van der Waals surface area contributed by atoms with Crippen LogP contribution in [0.5, 0.6) is 5.75 Å². The molecule has 2 unspecified atom stereocenters. The number of hydrogen-bond donors (Lipinski definition) is 0. The minimum atomic E-state index is 0.363. The highest BCUT2D eigenvalue weighted by Gasteiger charge is 2.18. The van der Waals surface area contributed by atoms with Gasteiger partial charge >= 0.3 is 0 Å². The van der Waals surface area contributed by atoms with Gasteiger partial charge in [0.2, 0.25) is 0 Å². The Balaban J connectivity index is 1.93. The zero-order valence-electron chi connectivity index (χ0n) is 10.5. The second-order valence-electron chi connectivity index (χ2n) is 4.57. The van der Waals surface area contributed by atoms with E-state index in [4.69, 9.17) is 9.47 Å². The number of methoxy groups -OCH3 is 1. The molecule has 1 aromatic carbocycles. The summed E-state index contributed by atoms with van der Waals surface area (Å²) in [5, 5.41) is 0. The Bertz CT molecular complexity index is 389. The topological polar surface area (TPSA) is 18.5 Å². The molecule has 0 N–H and O–H groups in total. The van der Waals surface area contributed by atoms with Crippen LogP contribution in [0.15, 0.2) is 22.7 Å². The van der Waals surface area contributed by atoms with Crippen LogP contribution in [-0.4, -0.2) is 19.8 Å². The predicted molar refractivity (Wildman–Crippen MR) is 80.6 cm³/mol. The molecule has 1 aliphatic heterocycles. The van der Waals surface area contributed by atoms with E-state index < -0.39 is 0 Å². The van der Waals surface area contributed by atoms with E-state index >= 15 is 0 Å². The van der Waals surface area contributed by atoms with Gasteiger partial charge in [-0.25, -0.2) is 0 Å². The van der Waals surface area contributed by atoms with Gasteiger partial charge in [0, 0.05) is 15.9 Å². The first-order valence-electron chi connectivity index (χ1n) is 6.30. The molecule has 18 heavy (non-hydrogen) atoms. The van der Waals surface area contributed by atoms with E-state index in [0.717, 1.165) is 29.7 Å². The fraction of sp³-hybridized carbons (Fsp3) is 0.571. The van der Waals surface area contributed by atoms with Crippen LogP contribution in [-0.2, 0) is 4.74 Å². The van der Waals surface area contributed by atoms with Crippen molar-refractivity contribution in [2.45, 2.75) is 36.6 Å². The highest BCUT2D eigenvalue weighted by Crippen LogP contribution is 2.36. The minimum Gasteiger partial charge on any atom is -0.497 e. The Morgan fingerprint density at radius 2 is 2.33 bits per heavy atom. The van der Waals surface area contributed by atoms with Crippen molar-refractivity contribution in [2.75, 3.05) is 13.7 Å². The zero-order chi connectivity index (χ0) is 13.0. The van der Waals surface area contributed by atoms with Crippen LogP contribution in [0.1, 0.15) is 36.1 Å². The lowest BCUT2D eigenvalue weighted by Gasteiger charge is -2.15. The van der Waals surface area contributed by atoms with Crippen LogP contribution in [0, 0.1) is 0 Å². The molecule has 1 fully saturated rings. The normalized spacial score (nSPS) is 20.9. The predicted octanol–water partition coefficient (Wildman–Crippen LogP) is 4.85. The fourth-order valence-electron chi connectivity index (χ4n) is 2.25. The molecule has 1 saturated heterocycles. The van der Waals surface area contributed by atoms with E-state index in [1.165, 1.54) is 18.4 Å². The van der Waals surface area contributed by atoms with Gasteiger partial charge in [0.1, 0.15) is 5.75 Å². The fourth-order valence-corrected chi connectivity index (χ4v) is 3.85. The Kier molecular flexibility index (Phi) is 5.52. The highest BCUT2D eigenvalue weighted by atomic mass is 79.9. The van der Waals surface area contributed by atoms with Crippen molar-refractivity contribution in [1.82, 2.24) is 0 Å². The number of alkyl halides is 1. The summed E-state index contributed by atoms with van der Waals surface area (Å²) in [7, 11) is 1.69. The first-order valence-corrected chi connectivity index (χ1v) is 8.00. The van der Waals surface area contributed by atoms with Gasteiger partial charge in [0.05, 0.1) is 13.2 Å². The summed E-state index contributed by atoms with van der Waals surface area (Å²) in [4.78, 5) is 0.363. The lowest BCUT2D eigenvalue weighted by atomic mass is 10.0. The van der Waals surface area contributed by atoms with Crippen molar-refractivity contribution < 1.29 is 9.47 Å². The molecule has 0 spiro atoms. The molecule has 1 aliphatic rings. The number of ether oxygens (including phenoxy) is 2. The van der Waals surface area contributed by atoms with E-state index in [9.17, 15) is 0 Å². The SMILES string of the molecule is COc1ccc(C(Br)CCC2CCCO2)c(Br)c1. The van der Waals surface area contributed by atoms with Crippen molar-refractivity contribution in [2.24, 2.45) is 0 Å². The van der Waals surface area contributed by atoms with E-state index in [0.29, 0.717) is 10.9 Å². The van der Waals surface area contributed by atoms with Gasteiger partial charge in [-0.15, -0.1) is 0 Å². The molecule has 2 rings (SSSR count). The number of benzene rings is 1. The molecular weight excluding hydrogens is 360 g/mol. The number of halogens is 2. The maximum atomic E-state index is 5.65. The van der Waals surface area contributed by atoms with E-state index in [-0.39, 0.29) is 0 Å². The van der Waals surface area contributed by atoms with Crippen LogP contribution in [0.3, 0.4) is 0 Å². The van der Waals surface area contributed by atoms with Gasteiger partial charge in [0.25, 0.3) is 0 Å². The molecule has 4 heteroatoms. The molecular formula is C14H18Br2O2. The first kappa shape index (κ1) is 14.4. The summed E-state index contributed by atoms with van der Waals surface area (Å²) in [6.45, 7) is 0.934. The molecule has 1 aromatic rings. The van der Waals surface area contributed by atoms with E-state index in [2.05, 4.69) is 37.9 Å². The molecule has 0 amide bonds. The smallest absolute Gasteiger partial charge is 0.120 e. The van der Waals surface area contributed by atoms with Gasteiger partial charge < -0.3 is 9.47 Å². The molecule has 0 bridgehead atoms. The minimum absolute atomic E-state index is 0.363. The van der Waals surface area contributed by atoms with Gasteiger partial charge in [-0.2, -0.15) is 0 Å². The average molecular weight is 378 g/mol. The third-order valence-corrected chi connectivity index (χ3v) is 4.95. The summed E-state index contributed by atoms with van der Waals surface area (Å²) >= 11 is 7.37. The second kappa shape index (κ2) is 6.92. The largest absolute Gasteiger partial charge is 0.497 e. The standard InChI is InChI=1S/C14H18Br2O2/c1-17-11-4-6-12(14(16)9-11)13(15)7-5-10-3-2-8-18-10/h4,6,9-10,13H,2-3,5,7-8H2,1H3. The Hall–Kier alpha value is -0.0600. The highest BCUT2D eigenvalue weighted by molar-refractivity contribution is 9.11. The van der Waals surface area contributed by atoms with Crippen LogP contribution in [0.4, 0.5) is 0 Å². The average Bonchev–Trinajstić information content (AvgIpc) is 2.88. The summed E-state index contributed by atoms with van der Waals surface area (Å²) in [5.41, 5.74) is 1.27. The molecule has 0 saturated carbocycles. The van der Waals surface area contributed by atoms with Crippen molar-refractivity contribution in [3.63, 3.8) is 0 Å². The summed E-state index contributed by atoms with van der Waals surface area (Å²) in [5.74, 6) is 0.879. The van der Waals surface area contributed by atoms with Crippen LogP contribution < -0.4 is 4.74 Å². The maximum Gasteiger partial charge on any atom is 0.120 e. The molecule has 2 nitrogen and oxygen atoms in total. The van der Waals surface area contributed by atoms with Crippen molar-refractivity contribution in [3.05, 3.63) is 28.2 Å². The van der Waals surface area contributed by atoms with Gasteiger partial charge in [-0.05, 0) is 43.4 Å². The maximum absolute atomic E-state index is 5.65. The van der Waals surface area contributed by atoms with Gasteiger partial charge in [-0.1, -0.05) is 37.9 Å². The summed E-state index contributed by atoms with van der Waals surface area (Å²) < 4.78 is 12.0. The number of rotatable bonds is 5. The molecule has 1 heterocycles. The second-order valence-corrected chi connectivity index (χ2v) is 6.53. The van der Waals surface area contributed by atoms with E-state index in [1.807, 2.05) is 12.1 Å². The van der Waals surface area contributed by atoms with Crippen LogP contribution >= 0.6 is 31.9 Å². The molecule has 0 aliphatic carbocycles. The summed E-state index contributed by atoms with van der Waals surface area (Å²) in [6, 6.07) is 6.12. The van der Waals surface area contributed by atoms with Crippen LogP contribution in [0.2, 0.25) is 0 Å². The molecule has 0 radical (unpaired) electrons. The quantitative estimate of drug-likeness (QED) is 0.682. The third-order valence-electron chi connectivity index (χ3n) is 3.31. The monoisotopic (exact) mass is 376 g/mol. The zero-order valence-corrected chi connectivity index (χ0v) is 13.7. The lowest BCUT2D eigenvalue weighted by Crippen LogP contribution is -2.06. The van der Waals surface area contributed by atoms with E-state index in [1.54, 1.807) is 7.11 Å². The summed E-state index contributed by atoms with van der Waals surface area (Å²) in [6.07, 6.45) is 5.10. The van der Waals surface area contributed by atoms with Crippen molar-refractivity contribution in [1.29, 1.82) is 0 Å². The Morgan fingerprint density at radius 1 is 1.50 bits per heavy atom. The molecule has 2 atom stereocenters. The third kappa shape index (κ3) is 3.72. The van der Waals surface area contributed by atoms with Crippen LogP contribution in [0.25, 0.3) is 0 Å². The van der Waals surface area contributed by atoms with Gasteiger partial charge in [-0.3, -0.25) is 0 Å². The Labute approximate surface area is 125 Å².